The standard InChI is InChI=1S/C18H21N5O2/c1-11-7-12(2)23(21-11)16-6-3-14(9-19-16)20-18(25)13-8-17(24)22(10-13)15-4-5-15/h3,6-7,9,13,15H,4-5,8,10H2,1-2H3,(H,20,25)/t13-/m0/s1. The average Bonchev–Trinajstić information content (AvgIpc) is 3.26. The zero-order valence-electron chi connectivity index (χ0n) is 14.4. The number of carbonyl (C=O) groups excluding carboxylic acids is 2. The lowest BCUT2D eigenvalue weighted by molar-refractivity contribution is -0.128. The molecule has 7 heteroatoms. The molecule has 2 amide bonds. The number of aromatic nitrogens is 3. The molecule has 130 valence electrons. The Morgan fingerprint density at radius 1 is 1.28 bits per heavy atom. The Kier molecular flexibility index (Phi) is 3.78. The molecule has 7 nitrogen and oxygen atoms in total. The van der Waals surface area contributed by atoms with Gasteiger partial charge in [-0.3, -0.25) is 9.59 Å². The predicted octanol–water partition coefficient (Wildman–Crippen LogP) is 1.83. The second kappa shape index (κ2) is 5.98. The van der Waals surface area contributed by atoms with Crippen LogP contribution in [0.3, 0.4) is 0 Å². The van der Waals surface area contributed by atoms with Crippen molar-refractivity contribution in [3.63, 3.8) is 0 Å². The SMILES string of the molecule is Cc1cc(C)n(-c2ccc(NC(=O)[C@H]3CC(=O)N(C4CC4)C3)cn2)n1. The van der Waals surface area contributed by atoms with Crippen molar-refractivity contribution in [2.24, 2.45) is 5.92 Å². The number of aryl methyl sites for hydroxylation is 2. The second-order valence-corrected chi connectivity index (χ2v) is 6.91. The Bertz CT molecular complexity index is 822. The van der Waals surface area contributed by atoms with Gasteiger partial charge in [0, 0.05) is 24.7 Å². The topological polar surface area (TPSA) is 80.1 Å². The number of nitrogens with zero attached hydrogens (tertiary/aromatic N) is 4. The molecular weight excluding hydrogens is 318 g/mol. The van der Waals surface area contributed by atoms with E-state index in [1.54, 1.807) is 10.9 Å². The van der Waals surface area contributed by atoms with Gasteiger partial charge in [-0.1, -0.05) is 0 Å². The normalized spacial score (nSPS) is 20.2. The Hall–Kier alpha value is -2.70. The quantitative estimate of drug-likeness (QED) is 0.922. The highest BCUT2D eigenvalue weighted by Gasteiger charge is 2.41. The summed E-state index contributed by atoms with van der Waals surface area (Å²) in [6.45, 7) is 4.44. The van der Waals surface area contributed by atoms with Gasteiger partial charge < -0.3 is 10.2 Å². The Morgan fingerprint density at radius 2 is 2.08 bits per heavy atom. The Labute approximate surface area is 146 Å². The predicted molar refractivity (Wildman–Crippen MR) is 92.3 cm³/mol. The molecule has 1 aliphatic carbocycles. The van der Waals surface area contributed by atoms with Crippen molar-refractivity contribution in [2.75, 3.05) is 11.9 Å². The number of pyridine rings is 1. The minimum Gasteiger partial charge on any atom is -0.339 e. The fourth-order valence-electron chi connectivity index (χ4n) is 3.34. The minimum atomic E-state index is -0.274. The van der Waals surface area contributed by atoms with Gasteiger partial charge in [0.15, 0.2) is 5.82 Å². The highest BCUT2D eigenvalue weighted by molar-refractivity contribution is 5.97. The van der Waals surface area contributed by atoms with Crippen molar-refractivity contribution in [1.29, 1.82) is 0 Å². The van der Waals surface area contributed by atoms with Crippen LogP contribution in [-0.4, -0.2) is 44.1 Å². The first-order valence-corrected chi connectivity index (χ1v) is 8.61. The van der Waals surface area contributed by atoms with Gasteiger partial charge in [-0.2, -0.15) is 5.10 Å². The summed E-state index contributed by atoms with van der Waals surface area (Å²) in [5, 5.41) is 7.27. The first kappa shape index (κ1) is 15.8. The van der Waals surface area contributed by atoms with E-state index in [-0.39, 0.29) is 17.7 Å². The molecule has 2 aromatic heterocycles. The molecule has 0 aromatic carbocycles. The maximum Gasteiger partial charge on any atom is 0.229 e. The summed E-state index contributed by atoms with van der Waals surface area (Å²) in [5.41, 5.74) is 2.57. The van der Waals surface area contributed by atoms with Gasteiger partial charge in [-0.05, 0) is 44.9 Å². The van der Waals surface area contributed by atoms with Gasteiger partial charge >= 0.3 is 0 Å². The lowest BCUT2D eigenvalue weighted by Crippen LogP contribution is -2.29. The number of hydrogen-bond acceptors (Lipinski definition) is 4. The van der Waals surface area contributed by atoms with Gasteiger partial charge in [0.25, 0.3) is 0 Å². The van der Waals surface area contributed by atoms with Crippen LogP contribution in [0.1, 0.15) is 30.7 Å². The van der Waals surface area contributed by atoms with Crippen LogP contribution in [0.15, 0.2) is 24.4 Å². The number of nitrogens with one attached hydrogen (secondary N) is 1. The van der Waals surface area contributed by atoms with E-state index in [1.807, 2.05) is 36.9 Å². The van der Waals surface area contributed by atoms with Crippen LogP contribution in [0.25, 0.3) is 5.82 Å². The van der Waals surface area contributed by atoms with Crippen LogP contribution >= 0.6 is 0 Å². The summed E-state index contributed by atoms with van der Waals surface area (Å²) in [7, 11) is 0. The van der Waals surface area contributed by atoms with E-state index in [9.17, 15) is 9.59 Å². The molecule has 1 aliphatic heterocycles. The molecule has 25 heavy (non-hydrogen) atoms. The average molecular weight is 339 g/mol. The lowest BCUT2D eigenvalue weighted by atomic mass is 10.1. The van der Waals surface area contributed by atoms with Crippen LogP contribution in [0.5, 0.6) is 0 Å². The molecule has 0 unspecified atom stereocenters. The van der Waals surface area contributed by atoms with Crippen LogP contribution in [0.4, 0.5) is 5.69 Å². The second-order valence-electron chi connectivity index (χ2n) is 6.91. The van der Waals surface area contributed by atoms with Gasteiger partial charge in [0.1, 0.15) is 0 Å². The van der Waals surface area contributed by atoms with E-state index in [0.29, 0.717) is 30.5 Å². The zero-order chi connectivity index (χ0) is 17.6. The Balaban J connectivity index is 1.42. The molecular formula is C18H21N5O2. The Morgan fingerprint density at radius 3 is 2.68 bits per heavy atom. The maximum atomic E-state index is 12.4. The van der Waals surface area contributed by atoms with E-state index < -0.39 is 0 Å². The highest BCUT2D eigenvalue weighted by atomic mass is 16.2. The molecule has 2 aromatic rings. The van der Waals surface area contributed by atoms with Crippen molar-refractivity contribution >= 4 is 17.5 Å². The largest absolute Gasteiger partial charge is 0.339 e. The first-order valence-electron chi connectivity index (χ1n) is 8.61. The highest BCUT2D eigenvalue weighted by Crippen LogP contribution is 2.32. The fraction of sp³-hybridized carbons (Fsp3) is 0.444. The van der Waals surface area contributed by atoms with E-state index in [1.165, 1.54) is 0 Å². The number of likely N-dealkylation sites (tertiary alicyclic amines) is 1. The van der Waals surface area contributed by atoms with Crippen molar-refractivity contribution in [3.05, 3.63) is 35.8 Å². The molecule has 0 radical (unpaired) electrons. The third kappa shape index (κ3) is 3.14. The van der Waals surface area contributed by atoms with Crippen LogP contribution < -0.4 is 5.32 Å². The summed E-state index contributed by atoms with van der Waals surface area (Å²) in [4.78, 5) is 30.6. The van der Waals surface area contributed by atoms with Gasteiger partial charge in [-0.25, -0.2) is 9.67 Å². The maximum absolute atomic E-state index is 12.4. The monoisotopic (exact) mass is 339 g/mol. The molecule has 1 saturated carbocycles. The van der Waals surface area contributed by atoms with Crippen LogP contribution in [0.2, 0.25) is 0 Å². The lowest BCUT2D eigenvalue weighted by Gasteiger charge is -2.15. The van der Waals surface area contributed by atoms with Crippen LogP contribution in [-0.2, 0) is 9.59 Å². The van der Waals surface area contributed by atoms with Crippen molar-refractivity contribution < 1.29 is 9.59 Å². The number of carbonyl (C=O) groups is 2. The van der Waals surface area contributed by atoms with E-state index in [4.69, 9.17) is 0 Å². The van der Waals surface area contributed by atoms with E-state index >= 15 is 0 Å². The number of hydrogen-bond donors (Lipinski definition) is 1. The number of anilines is 1. The number of amides is 2. The first-order chi connectivity index (χ1) is 12.0. The van der Waals surface area contributed by atoms with E-state index in [0.717, 1.165) is 24.2 Å². The third-order valence-corrected chi connectivity index (χ3v) is 4.76. The smallest absolute Gasteiger partial charge is 0.229 e. The molecule has 2 fully saturated rings. The molecule has 0 bridgehead atoms. The summed E-state index contributed by atoms with van der Waals surface area (Å²) in [6, 6.07) is 5.99. The molecule has 3 heterocycles. The molecule has 1 N–H and O–H groups in total. The van der Waals surface area contributed by atoms with E-state index in [2.05, 4.69) is 15.4 Å². The summed E-state index contributed by atoms with van der Waals surface area (Å²) < 4.78 is 1.77. The summed E-state index contributed by atoms with van der Waals surface area (Å²) in [5.74, 6) is 0.418. The fourth-order valence-corrected chi connectivity index (χ4v) is 3.34. The molecule has 0 spiro atoms. The zero-order valence-corrected chi connectivity index (χ0v) is 14.4. The number of rotatable bonds is 4. The summed E-state index contributed by atoms with van der Waals surface area (Å²) in [6.07, 6.45) is 4.06. The minimum absolute atomic E-state index is 0.0978. The van der Waals surface area contributed by atoms with Gasteiger partial charge in [0.2, 0.25) is 11.8 Å². The molecule has 2 aliphatic rings. The molecule has 1 saturated heterocycles. The van der Waals surface area contributed by atoms with Crippen LogP contribution in [0, 0.1) is 19.8 Å². The summed E-state index contributed by atoms with van der Waals surface area (Å²) >= 11 is 0. The van der Waals surface area contributed by atoms with Gasteiger partial charge in [0.05, 0.1) is 23.5 Å². The van der Waals surface area contributed by atoms with Crippen molar-refractivity contribution in [3.8, 4) is 5.82 Å². The molecule has 4 rings (SSSR count). The molecule has 1 atom stereocenters. The third-order valence-electron chi connectivity index (χ3n) is 4.76. The van der Waals surface area contributed by atoms with Crippen molar-refractivity contribution in [2.45, 2.75) is 39.2 Å². The van der Waals surface area contributed by atoms with Gasteiger partial charge in [-0.15, -0.1) is 0 Å². The van der Waals surface area contributed by atoms with Crippen molar-refractivity contribution in [1.82, 2.24) is 19.7 Å².